The summed E-state index contributed by atoms with van der Waals surface area (Å²) in [5.74, 6) is -1.48. The van der Waals surface area contributed by atoms with Gasteiger partial charge in [0.15, 0.2) is 4.90 Å². The molecule has 0 fully saturated rings. The summed E-state index contributed by atoms with van der Waals surface area (Å²) in [5, 5.41) is 20.6. The normalized spacial score (nSPS) is 12.1. The molecule has 3 aromatic rings. The van der Waals surface area contributed by atoms with Crippen LogP contribution in [0, 0.1) is 10.1 Å². The Hall–Kier alpha value is -3.26. The molecular formula is C15H8F3N3O6S2. The minimum atomic E-state index is -4.92. The molecule has 3 rings (SSSR count). The molecule has 0 saturated heterocycles. The number of nitrogens with one attached hydrogen (secondary N) is 1. The predicted molar refractivity (Wildman–Crippen MR) is 95.5 cm³/mol. The van der Waals surface area contributed by atoms with Crippen LogP contribution in [0.25, 0.3) is 10.2 Å². The molecule has 9 nitrogen and oxygen atoms in total. The van der Waals surface area contributed by atoms with Crippen LogP contribution in [0.3, 0.4) is 0 Å². The standard InChI is InChI=1S/C15H8F3N3O6S2/c16-15(17,18)7-3-4-10(9(6-7)21(24)25)29(26,27)20-11-8-2-1-5-19-13(8)28-12(11)14(22)23/h1-6,20H,(H,22,23). The van der Waals surface area contributed by atoms with E-state index in [2.05, 4.69) is 4.98 Å². The number of thiophene rings is 1. The number of aromatic carboxylic acids is 1. The minimum absolute atomic E-state index is 0.0972. The second kappa shape index (κ2) is 6.97. The number of aromatic nitrogens is 1. The molecular weight excluding hydrogens is 439 g/mol. The Balaban J connectivity index is 2.17. The number of carbonyl (C=O) groups is 1. The molecule has 1 aromatic carbocycles. The Morgan fingerprint density at radius 3 is 2.55 bits per heavy atom. The number of nitrogens with zero attached hydrogens (tertiary/aromatic N) is 2. The highest BCUT2D eigenvalue weighted by molar-refractivity contribution is 7.93. The van der Waals surface area contributed by atoms with Gasteiger partial charge in [0.1, 0.15) is 9.71 Å². The topological polar surface area (TPSA) is 140 Å². The van der Waals surface area contributed by atoms with E-state index in [9.17, 15) is 41.6 Å². The van der Waals surface area contributed by atoms with Gasteiger partial charge in [0.2, 0.25) is 0 Å². The maximum atomic E-state index is 12.8. The number of anilines is 1. The zero-order valence-electron chi connectivity index (χ0n) is 13.8. The molecule has 0 unspecified atom stereocenters. The number of hydrogen-bond acceptors (Lipinski definition) is 7. The highest BCUT2D eigenvalue weighted by Gasteiger charge is 2.36. The van der Waals surface area contributed by atoms with Crippen LogP contribution in [-0.4, -0.2) is 29.4 Å². The van der Waals surface area contributed by atoms with Crippen molar-refractivity contribution in [3.8, 4) is 0 Å². The summed E-state index contributed by atoms with van der Waals surface area (Å²) in [5.41, 5.74) is -3.10. The summed E-state index contributed by atoms with van der Waals surface area (Å²) in [6, 6.07) is 3.72. The first-order valence-electron chi connectivity index (χ1n) is 7.41. The first kappa shape index (κ1) is 20.5. The largest absolute Gasteiger partial charge is 0.477 e. The maximum Gasteiger partial charge on any atom is 0.416 e. The minimum Gasteiger partial charge on any atom is -0.477 e. The first-order chi connectivity index (χ1) is 13.4. The van der Waals surface area contributed by atoms with Crippen molar-refractivity contribution < 1.29 is 36.4 Å². The van der Waals surface area contributed by atoms with Gasteiger partial charge in [-0.2, -0.15) is 13.2 Å². The third-order valence-electron chi connectivity index (χ3n) is 3.67. The van der Waals surface area contributed by atoms with Crippen molar-refractivity contribution in [2.24, 2.45) is 0 Å². The van der Waals surface area contributed by atoms with Gasteiger partial charge in [0, 0.05) is 17.6 Å². The van der Waals surface area contributed by atoms with E-state index in [1.807, 2.05) is 4.72 Å². The molecule has 29 heavy (non-hydrogen) atoms. The van der Waals surface area contributed by atoms with Crippen molar-refractivity contribution in [1.29, 1.82) is 0 Å². The summed E-state index contributed by atoms with van der Waals surface area (Å²) in [7, 11) is -4.81. The molecule has 0 spiro atoms. The van der Waals surface area contributed by atoms with Crippen LogP contribution in [-0.2, 0) is 16.2 Å². The van der Waals surface area contributed by atoms with E-state index in [4.69, 9.17) is 0 Å². The van der Waals surface area contributed by atoms with Crippen LogP contribution in [0.15, 0.2) is 41.4 Å². The van der Waals surface area contributed by atoms with Crippen LogP contribution in [0.5, 0.6) is 0 Å². The number of alkyl halides is 3. The van der Waals surface area contributed by atoms with Gasteiger partial charge < -0.3 is 5.11 Å². The monoisotopic (exact) mass is 447 g/mol. The van der Waals surface area contributed by atoms with Crippen LogP contribution in [0.1, 0.15) is 15.2 Å². The van der Waals surface area contributed by atoms with Gasteiger partial charge in [-0.3, -0.25) is 14.8 Å². The molecule has 0 atom stereocenters. The molecule has 0 bridgehead atoms. The van der Waals surface area contributed by atoms with Crippen molar-refractivity contribution in [2.45, 2.75) is 11.1 Å². The number of halogens is 3. The summed E-state index contributed by atoms with van der Waals surface area (Å²) in [6.45, 7) is 0. The Bertz CT molecular complexity index is 1250. The lowest BCUT2D eigenvalue weighted by Crippen LogP contribution is -2.17. The highest BCUT2D eigenvalue weighted by atomic mass is 32.2. The number of carboxylic acid groups (broad SMARTS) is 1. The van der Waals surface area contributed by atoms with Crippen LogP contribution in [0.2, 0.25) is 0 Å². The van der Waals surface area contributed by atoms with E-state index >= 15 is 0 Å². The molecule has 14 heteroatoms. The fourth-order valence-electron chi connectivity index (χ4n) is 2.44. The van der Waals surface area contributed by atoms with E-state index in [1.54, 1.807) is 0 Å². The van der Waals surface area contributed by atoms with Gasteiger partial charge in [0.25, 0.3) is 15.7 Å². The number of pyridine rings is 1. The third kappa shape index (κ3) is 3.84. The van der Waals surface area contributed by atoms with E-state index in [0.717, 1.165) is 0 Å². The Kier molecular flexibility index (Phi) is 4.92. The summed E-state index contributed by atoms with van der Waals surface area (Å²) in [4.78, 5) is 24.0. The molecule has 0 radical (unpaired) electrons. The summed E-state index contributed by atoms with van der Waals surface area (Å²) in [6.07, 6.45) is -3.57. The average Bonchev–Trinajstić information content (AvgIpc) is 2.99. The molecule has 0 saturated carbocycles. The highest BCUT2D eigenvalue weighted by Crippen LogP contribution is 2.38. The number of benzene rings is 1. The van der Waals surface area contributed by atoms with Gasteiger partial charge in [-0.05, 0) is 24.3 Å². The molecule has 2 N–H and O–H groups in total. The van der Waals surface area contributed by atoms with Crippen LogP contribution < -0.4 is 4.72 Å². The lowest BCUT2D eigenvalue weighted by Gasteiger charge is -2.11. The molecule has 152 valence electrons. The lowest BCUT2D eigenvalue weighted by molar-refractivity contribution is -0.388. The summed E-state index contributed by atoms with van der Waals surface area (Å²) < 4.78 is 65.8. The number of hydrogen-bond donors (Lipinski definition) is 2. The van der Waals surface area contributed by atoms with Gasteiger partial charge >= 0.3 is 12.1 Å². The quantitative estimate of drug-likeness (QED) is 0.449. The van der Waals surface area contributed by atoms with E-state index in [0.29, 0.717) is 23.5 Å². The lowest BCUT2D eigenvalue weighted by atomic mass is 10.2. The van der Waals surface area contributed by atoms with E-state index in [-0.39, 0.29) is 22.0 Å². The fourth-order valence-corrected chi connectivity index (χ4v) is 4.69. The zero-order valence-corrected chi connectivity index (χ0v) is 15.4. The van der Waals surface area contributed by atoms with Crippen molar-refractivity contribution in [3.05, 3.63) is 57.1 Å². The van der Waals surface area contributed by atoms with Crippen LogP contribution >= 0.6 is 11.3 Å². The smallest absolute Gasteiger partial charge is 0.416 e. The van der Waals surface area contributed by atoms with Crippen molar-refractivity contribution in [1.82, 2.24) is 4.98 Å². The molecule has 0 aliphatic heterocycles. The number of nitro benzene ring substituents is 1. The zero-order chi connectivity index (χ0) is 21.6. The summed E-state index contributed by atoms with van der Waals surface area (Å²) >= 11 is 0.664. The second-order valence-corrected chi connectivity index (χ2v) is 8.16. The van der Waals surface area contributed by atoms with Gasteiger partial charge in [-0.25, -0.2) is 18.2 Å². The molecule has 2 heterocycles. The van der Waals surface area contributed by atoms with Crippen molar-refractivity contribution in [2.75, 3.05) is 4.72 Å². The Morgan fingerprint density at radius 1 is 1.28 bits per heavy atom. The van der Waals surface area contributed by atoms with Crippen molar-refractivity contribution >= 4 is 48.9 Å². The van der Waals surface area contributed by atoms with E-state index < -0.39 is 48.1 Å². The average molecular weight is 447 g/mol. The predicted octanol–water partition coefficient (Wildman–Crippen LogP) is 3.72. The van der Waals surface area contributed by atoms with Crippen LogP contribution in [0.4, 0.5) is 24.5 Å². The molecule has 0 amide bonds. The first-order valence-corrected chi connectivity index (χ1v) is 9.71. The third-order valence-corrected chi connectivity index (χ3v) is 6.17. The fraction of sp³-hybridized carbons (Fsp3) is 0.0667. The Labute approximate surface area is 163 Å². The van der Waals surface area contributed by atoms with Gasteiger partial charge in [-0.1, -0.05) is 0 Å². The number of rotatable bonds is 5. The Morgan fingerprint density at radius 2 is 1.97 bits per heavy atom. The number of sulfonamides is 1. The number of nitro groups is 1. The molecule has 0 aliphatic carbocycles. The number of carboxylic acids is 1. The molecule has 0 aliphatic rings. The SMILES string of the molecule is O=C(O)c1sc2ncccc2c1NS(=O)(=O)c1ccc(C(F)(F)F)cc1[N+](=O)[O-]. The van der Waals surface area contributed by atoms with E-state index in [1.165, 1.54) is 18.3 Å². The molecule has 2 aromatic heterocycles. The van der Waals surface area contributed by atoms with Crippen molar-refractivity contribution in [3.63, 3.8) is 0 Å². The van der Waals surface area contributed by atoms with Gasteiger partial charge in [-0.15, -0.1) is 11.3 Å². The number of fused-ring (bicyclic) bond motifs is 1. The second-order valence-electron chi connectivity index (χ2n) is 5.51. The van der Waals surface area contributed by atoms with Gasteiger partial charge in [0.05, 0.1) is 16.2 Å². The maximum absolute atomic E-state index is 12.8.